The highest BCUT2D eigenvalue weighted by Gasteiger charge is 2.38. The fraction of sp³-hybridized carbons (Fsp3) is 0.0556. The number of amides is 2. The average molecular weight is 323 g/mol. The first-order valence-corrected chi connectivity index (χ1v) is 7.30. The van der Waals surface area contributed by atoms with Gasteiger partial charge in [-0.25, -0.2) is 0 Å². The van der Waals surface area contributed by atoms with Gasteiger partial charge in [0.25, 0.3) is 11.8 Å². The lowest BCUT2D eigenvalue weighted by Crippen LogP contribution is -2.31. The molecule has 0 aromatic heterocycles. The van der Waals surface area contributed by atoms with E-state index in [-0.39, 0.29) is 17.7 Å². The van der Waals surface area contributed by atoms with E-state index in [1.807, 2.05) is 36.4 Å². The number of carbonyl (C=O) groups is 2. The number of carbonyl (C=O) groups excluding carboxylic acids is 2. The monoisotopic (exact) mass is 322 g/mol. The molecule has 0 radical (unpaired) electrons. The van der Waals surface area contributed by atoms with Gasteiger partial charge in [-0.15, -0.1) is 0 Å². The maximum atomic E-state index is 12.6. The molecule has 0 unspecified atom stereocenters. The lowest BCUT2D eigenvalue weighted by atomic mass is 10.0. The Bertz CT molecular complexity index is 849. The smallest absolute Gasteiger partial charge is 0.269 e. The van der Waals surface area contributed by atoms with Gasteiger partial charge in [0.2, 0.25) is 0 Å². The van der Waals surface area contributed by atoms with Crippen LogP contribution >= 0.6 is 11.6 Å². The number of halogens is 1. The van der Waals surface area contributed by atoms with Crippen LogP contribution in [0.1, 0.15) is 11.1 Å². The van der Waals surface area contributed by atoms with Crippen LogP contribution in [0.4, 0.5) is 0 Å². The molecule has 0 fully saturated rings. The predicted octanol–water partition coefficient (Wildman–Crippen LogP) is 3.19. The van der Waals surface area contributed by atoms with Gasteiger partial charge in [0.05, 0.1) is 12.1 Å². The van der Waals surface area contributed by atoms with E-state index in [2.05, 4.69) is 0 Å². The number of rotatable bonds is 3. The van der Waals surface area contributed by atoms with Crippen LogP contribution in [0.3, 0.4) is 0 Å². The highest BCUT2D eigenvalue weighted by atomic mass is 35.5. The average Bonchev–Trinajstić information content (AvgIpc) is 2.81. The SMILES string of the molecule is N#CC1=C(c2ccc(Cl)cc2)C(=O)N(Cc2ccccc2)C1=O. The van der Waals surface area contributed by atoms with E-state index in [4.69, 9.17) is 11.6 Å². The molecule has 1 heterocycles. The van der Waals surface area contributed by atoms with Gasteiger partial charge in [0.15, 0.2) is 0 Å². The molecule has 0 atom stereocenters. The van der Waals surface area contributed by atoms with Gasteiger partial charge >= 0.3 is 0 Å². The second-order valence-corrected chi connectivity index (χ2v) is 5.49. The van der Waals surface area contributed by atoms with Crippen molar-refractivity contribution in [1.29, 1.82) is 5.26 Å². The normalized spacial score (nSPS) is 14.3. The molecule has 0 saturated carbocycles. The number of hydrogen-bond acceptors (Lipinski definition) is 3. The summed E-state index contributed by atoms with van der Waals surface area (Å²) in [6, 6.07) is 17.5. The molecule has 2 amide bonds. The van der Waals surface area contributed by atoms with Crippen molar-refractivity contribution in [3.63, 3.8) is 0 Å². The van der Waals surface area contributed by atoms with Crippen LogP contribution in [-0.4, -0.2) is 16.7 Å². The summed E-state index contributed by atoms with van der Waals surface area (Å²) < 4.78 is 0. The molecular weight excluding hydrogens is 312 g/mol. The van der Waals surface area contributed by atoms with Crippen LogP contribution in [0.15, 0.2) is 60.2 Å². The molecule has 2 aromatic rings. The van der Waals surface area contributed by atoms with Gasteiger partial charge in [-0.1, -0.05) is 54.1 Å². The van der Waals surface area contributed by atoms with E-state index in [1.54, 1.807) is 24.3 Å². The summed E-state index contributed by atoms with van der Waals surface area (Å²) in [7, 11) is 0. The Balaban J connectivity index is 1.98. The molecule has 5 heteroatoms. The maximum Gasteiger partial charge on any atom is 0.272 e. The van der Waals surface area contributed by atoms with Crippen molar-refractivity contribution in [2.24, 2.45) is 0 Å². The summed E-state index contributed by atoms with van der Waals surface area (Å²) >= 11 is 5.85. The largest absolute Gasteiger partial charge is 0.272 e. The van der Waals surface area contributed by atoms with Crippen LogP contribution in [0.25, 0.3) is 5.57 Å². The van der Waals surface area contributed by atoms with Gasteiger partial charge in [-0.05, 0) is 23.3 Å². The van der Waals surface area contributed by atoms with E-state index >= 15 is 0 Å². The lowest BCUT2D eigenvalue weighted by molar-refractivity contribution is -0.137. The fourth-order valence-electron chi connectivity index (χ4n) is 2.47. The number of nitrogens with zero attached hydrogens (tertiary/aromatic N) is 2. The second-order valence-electron chi connectivity index (χ2n) is 5.05. The highest BCUT2D eigenvalue weighted by molar-refractivity contribution is 6.37. The van der Waals surface area contributed by atoms with Gasteiger partial charge in [-0.3, -0.25) is 14.5 Å². The molecular formula is C18H11ClN2O2. The molecule has 0 aliphatic carbocycles. The standard InChI is InChI=1S/C18H11ClN2O2/c19-14-8-6-13(7-9-14)16-15(10-20)17(22)21(18(16)23)11-12-4-2-1-3-5-12/h1-9H,11H2. The Morgan fingerprint density at radius 2 is 1.61 bits per heavy atom. The molecule has 3 rings (SSSR count). The van der Waals surface area contributed by atoms with Crippen LogP contribution < -0.4 is 0 Å². The van der Waals surface area contributed by atoms with Gasteiger partial charge in [0.1, 0.15) is 11.6 Å². The van der Waals surface area contributed by atoms with Gasteiger partial charge in [-0.2, -0.15) is 5.26 Å². The van der Waals surface area contributed by atoms with E-state index in [1.165, 1.54) is 0 Å². The van der Waals surface area contributed by atoms with Gasteiger partial charge < -0.3 is 0 Å². The minimum absolute atomic E-state index is 0.130. The zero-order chi connectivity index (χ0) is 16.4. The fourth-order valence-corrected chi connectivity index (χ4v) is 2.60. The number of imide groups is 1. The molecule has 4 nitrogen and oxygen atoms in total. The molecule has 0 N–H and O–H groups in total. The minimum Gasteiger partial charge on any atom is -0.269 e. The van der Waals surface area contributed by atoms with E-state index in [0.717, 1.165) is 10.5 Å². The summed E-state index contributed by atoms with van der Waals surface area (Å²) in [6.45, 7) is 0.140. The minimum atomic E-state index is -0.564. The van der Waals surface area contributed by atoms with Crippen molar-refractivity contribution in [3.8, 4) is 6.07 Å². The van der Waals surface area contributed by atoms with Crippen LogP contribution in [-0.2, 0) is 16.1 Å². The Hall–Kier alpha value is -2.90. The van der Waals surface area contributed by atoms with Crippen molar-refractivity contribution in [1.82, 2.24) is 4.90 Å². The summed E-state index contributed by atoms with van der Waals surface area (Å²) in [5.41, 5.74) is 1.34. The summed E-state index contributed by atoms with van der Waals surface area (Å²) in [5.74, 6) is -1.02. The Kier molecular flexibility index (Phi) is 3.96. The second kappa shape index (κ2) is 6.07. The quantitative estimate of drug-likeness (QED) is 0.815. The Morgan fingerprint density at radius 1 is 0.957 bits per heavy atom. The van der Waals surface area contributed by atoms with Crippen molar-refractivity contribution in [2.45, 2.75) is 6.54 Å². The summed E-state index contributed by atoms with van der Waals surface area (Å²) in [4.78, 5) is 26.1. The number of hydrogen-bond donors (Lipinski definition) is 0. The van der Waals surface area contributed by atoms with Crippen LogP contribution in [0.2, 0.25) is 5.02 Å². The molecule has 112 valence electrons. The Labute approximate surface area is 138 Å². The number of nitriles is 1. The first kappa shape index (κ1) is 15.0. The van der Waals surface area contributed by atoms with Crippen molar-refractivity contribution in [2.75, 3.05) is 0 Å². The zero-order valence-electron chi connectivity index (χ0n) is 12.0. The highest BCUT2D eigenvalue weighted by Crippen LogP contribution is 2.30. The lowest BCUT2D eigenvalue weighted by Gasteiger charge is -2.14. The van der Waals surface area contributed by atoms with Crippen LogP contribution in [0.5, 0.6) is 0 Å². The molecule has 23 heavy (non-hydrogen) atoms. The summed E-state index contributed by atoms with van der Waals surface area (Å²) in [5, 5.41) is 9.81. The third kappa shape index (κ3) is 2.75. The predicted molar refractivity (Wildman–Crippen MR) is 86.0 cm³/mol. The maximum absolute atomic E-state index is 12.6. The third-order valence-corrected chi connectivity index (χ3v) is 3.85. The Morgan fingerprint density at radius 3 is 2.22 bits per heavy atom. The molecule has 0 saturated heterocycles. The molecule has 0 bridgehead atoms. The first-order valence-electron chi connectivity index (χ1n) is 6.92. The molecule has 0 spiro atoms. The van der Waals surface area contributed by atoms with Crippen molar-refractivity contribution < 1.29 is 9.59 Å². The molecule has 2 aromatic carbocycles. The summed E-state index contributed by atoms with van der Waals surface area (Å²) in [6.07, 6.45) is 0. The van der Waals surface area contributed by atoms with E-state index in [9.17, 15) is 14.9 Å². The number of benzene rings is 2. The van der Waals surface area contributed by atoms with Crippen LogP contribution in [0, 0.1) is 11.3 Å². The van der Waals surface area contributed by atoms with E-state index < -0.39 is 11.8 Å². The van der Waals surface area contributed by atoms with E-state index in [0.29, 0.717) is 10.6 Å². The third-order valence-electron chi connectivity index (χ3n) is 3.60. The first-order chi connectivity index (χ1) is 11.1. The zero-order valence-corrected chi connectivity index (χ0v) is 12.7. The van der Waals surface area contributed by atoms with Gasteiger partial charge in [0, 0.05) is 5.02 Å². The van der Waals surface area contributed by atoms with Crippen molar-refractivity contribution >= 4 is 29.0 Å². The topological polar surface area (TPSA) is 61.2 Å². The molecule has 1 aliphatic heterocycles. The molecule has 1 aliphatic rings. The van der Waals surface area contributed by atoms with Crippen molar-refractivity contribution in [3.05, 3.63) is 76.3 Å².